The molecule has 0 aliphatic carbocycles. The summed E-state index contributed by atoms with van der Waals surface area (Å²) >= 11 is 3.48. The number of hydrogen-bond acceptors (Lipinski definition) is 5. The zero-order chi connectivity index (χ0) is 28.8. The minimum absolute atomic E-state index is 0.139. The van der Waals surface area contributed by atoms with Crippen molar-refractivity contribution in [2.45, 2.75) is 34.0 Å². The molecule has 2 heterocycles. The highest BCUT2D eigenvalue weighted by atomic mass is 79.9. The fraction of sp³-hybridized carbons (Fsp3) is 0.152. The van der Waals surface area contributed by atoms with Crippen LogP contribution in [0.2, 0.25) is 0 Å². The van der Waals surface area contributed by atoms with Gasteiger partial charge < -0.3 is 18.5 Å². The van der Waals surface area contributed by atoms with Gasteiger partial charge in [-0.1, -0.05) is 45.8 Å². The number of rotatable bonds is 10. The van der Waals surface area contributed by atoms with Gasteiger partial charge in [-0.15, -0.1) is 0 Å². The van der Waals surface area contributed by atoms with Crippen LogP contribution in [0, 0.1) is 20.8 Å². The first-order chi connectivity index (χ1) is 19.9. The molecule has 8 heteroatoms. The normalized spacial score (nSPS) is 11.1. The highest BCUT2D eigenvalue weighted by Crippen LogP contribution is 2.24. The van der Waals surface area contributed by atoms with Gasteiger partial charge in [-0.2, -0.15) is 5.10 Å². The summed E-state index contributed by atoms with van der Waals surface area (Å²) in [4.78, 5) is 12.6. The molecule has 0 bridgehead atoms. The number of aryl methyl sites for hydroxylation is 3. The van der Waals surface area contributed by atoms with E-state index in [1.807, 2.05) is 73.7 Å². The number of carbonyl (C=O) groups excluding carboxylic acids is 1. The Morgan fingerprint density at radius 2 is 1.61 bits per heavy atom. The molecule has 5 rings (SSSR count). The Hall–Kier alpha value is -4.56. The standard InChI is InChI=1S/C33H30BrN3O4/c1-22-4-8-25(9-5-22)20-40-31-16-10-27(34)18-26(31)19-35-36-33(38)32-17-15-30(41-32)21-39-29-13-11-28(12-14-29)37-23(2)6-7-24(37)3/h4-19H,20-21H2,1-3H3,(H,36,38)/b35-19+. The lowest BCUT2D eigenvalue weighted by Crippen LogP contribution is -2.16. The van der Waals surface area contributed by atoms with Crippen LogP contribution in [0.15, 0.2) is 105 Å². The van der Waals surface area contributed by atoms with Gasteiger partial charge in [0.2, 0.25) is 0 Å². The van der Waals surface area contributed by atoms with Crippen LogP contribution in [0.5, 0.6) is 11.5 Å². The number of hydrogen-bond donors (Lipinski definition) is 1. The highest BCUT2D eigenvalue weighted by molar-refractivity contribution is 9.10. The molecule has 0 aliphatic rings. The predicted molar refractivity (Wildman–Crippen MR) is 163 cm³/mol. The average Bonchev–Trinajstić information content (AvgIpc) is 3.58. The number of ether oxygens (including phenoxy) is 2. The number of hydrazone groups is 1. The lowest BCUT2D eigenvalue weighted by Gasteiger charge is -2.10. The van der Waals surface area contributed by atoms with Crippen molar-refractivity contribution in [2.75, 3.05) is 0 Å². The molecule has 7 nitrogen and oxygen atoms in total. The van der Waals surface area contributed by atoms with Gasteiger partial charge in [0, 0.05) is 27.1 Å². The number of benzene rings is 3. The Morgan fingerprint density at radius 1 is 0.878 bits per heavy atom. The average molecular weight is 613 g/mol. The van der Waals surface area contributed by atoms with Crippen molar-refractivity contribution in [3.05, 3.63) is 135 Å². The van der Waals surface area contributed by atoms with E-state index in [-0.39, 0.29) is 12.4 Å². The second-order valence-electron chi connectivity index (χ2n) is 9.66. The molecule has 0 unspecified atom stereocenters. The third kappa shape index (κ3) is 7.15. The lowest BCUT2D eigenvalue weighted by molar-refractivity contribution is 0.0923. The second kappa shape index (κ2) is 12.7. The molecular weight excluding hydrogens is 582 g/mol. The van der Waals surface area contributed by atoms with Crippen LogP contribution in [0.1, 0.15) is 44.4 Å². The van der Waals surface area contributed by atoms with Gasteiger partial charge >= 0.3 is 5.91 Å². The van der Waals surface area contributed by atoms with Crippen molar-refractivity contribution >= 4 is 28.1 Å². The van der Waals surface area contributed by atoms with E-state index < -0.39 is 5.91 Å². The van der Waals surface area contributed by atoms with E-state index in [2.05, 4.69) is 57.0 Å². The van der Waals surface area contributed by atoms with Crippen LogP contribution in [-0.2, 0) is 13.2 Å². The van der Waals surface area contributed by atoms with Crippen LogP contribution >= 0.6 is 15.9 Å². The maximum atomic E-state index is 12.6. The molecule has 0 aliphatic heterocycles. The van der Waals surface area contributed by atoms with Gasteiger partial charge in [-0.05, 0) is 93.1 Å². The number of nitrogens with zero attached hydrogens (tertiary/aromatic N) is 2. The van der Waals surface area contributed by atoms with Crippen molar-refractivity contribution in [3.8, 4) is 17.2 Å². The molecule has 0 saturated heterocycles. The van der Waals surface area contributed by atoms with E-state index in [9.17, 15) is 4.79 Å². The Balaban J connectivity index is 1.15. The molecule has 0 radical (unpaired) electrons. The van der Waals surface area contributed by atoms with Crippen molar-refractivity contribution < 1.29 is 18.7 Å². The van der Waals surface area contributed by atoms with E-state index in [0.29, 0.717) is 29.4 Å². The number of furan rings is 1. The Bertz CT molecular complexity index is 1650. The third-order valence-electron chi connectivity index (χ3n) is 6.49. The Morgan fingerprint density at radius 3 is 2.34 bits per heavy atom. The molecule has 1 amide bonds. The molecule has 41 heavy (non-hydrogen) atoms. The molecule has 3 aromatic carbocycles. The monoisotopic (exact) mass is 611 g/mol. The summed E-state index contributed by atoms with van der Waals surface area (Å²) in [7, 11) is 0. The number of nitrogens with one attached hydrogen (secondary N) is 1. The van der Waals surface area contributed by atoms with Gasteiger partial charge in [-0.25, -0.2) is 5.43 Å². The van der Waals surface area contributed by atoms with Crippen LogP contribution < -0.4 is 14.9 Å². The predicted octanol–water partition coefficient (Wildman–Crippen LogP) is 7.68. The van der Waals surface area contributed by atoms with Crippen LogP contribution in [0.3, 0.4) is 0 Å². The Labute approximate surface area is 247 Å². The van der Waals surface area contributed by atoms with E-state index in [4.69, 9.17) is 13.9 Å². The number of halogens is 1. The Kier molecular flexibility index (Phi) is 8.70. The van der Waals surface area contributed by atoms with Crippen molar-refractivity contribution in [1.29, 1.82) is 0 Å². The molecule has 0 saturated carbocycles. The number of carbonyl (C=O) groups is 1. The fourth-order valence-electron chi connectivity index (χ4n) is 4.31. The van der Waals surface area contributed by atoms with E-state index in [1.54, 1.807) is 18.3 Å². The first-order valence-electron chi connectivity index (χ1n) is 13.1. The first kappa shape index (κ1) is 28.0. The maximum Gasteiger partial charge on any atom is 0.307 e. The van der Waals surface area contributed by atoms with Gasteiger partial charge in [0.15, 0.2) is 5.76 Å². The molecule has 208 valence electrons. The molecule has 5 aromatic rings. The van der Waals surface area contributed by atoms with Gasteiger partial charge in [0.05, 0.1) is 6.21 Å². The van der Waals surface area contributed by atoms with Crippen LogP contribution in [0.4, 0.5) is 0 Å². The van der Waals surface area contributed by atoms with Gasteiger partial charge in [-0.3, -0.25) is 4.79 Å². The van der Waals surface area contributed by atoms with Crippen molar-refractivity contribution in [3.63, 3.8) is 0 Å². The number of amides is 1. The summed E-state index contributed by atoms with van der Waals surface area (Å²) < 4.78 is 20.6. The van der Waals surface area contributed by atoms with E-state index in [1.165, 1.54) is 17.0 Å². The van der Waals surface area contributed by atoms with Crippen molar-refractivity contribution in [1.82, 2.24) is 9.99 Å². The summed E-state index contributed by atoms with van der Waals surface area (Å²) in [5.41, 5.74) is 8.90. The van der Waals surface area contributed by atoms with E-state index >= 15 is 0 Å². The largest absolute Gasteiger partial charge is 0.488 e. The third-order valence-corrected chi connectivity index (χ3v) is 6.98. The molecule has 0 spiro atoms. The fourth-order valence-corrected chi connectivity index (χ4v) is 4.69. The lowest BCUT2D eigenvalue weighted by atomic mass is 10.1. The number of aromatic nitrogens is 1. The second-order valence-corrected chi connectivity index (χ2v) is 10.6. The maximum absolute atomic E-state index is 12.6. The smallest absolute Gasteiger partial charge is 0.307 e. The summed E-state index contributed by atoms with van der Waals surface area (Å²) in [5, 5.41) is 4.11. The zero-order valence-corrected chi connectivity index (χ0v) is 24.6. The van der Waals surface area contributed by atoms with Crippen LogP contribution in [-0.4, -0.2) is 16.7 Å². The zero-order valence-electron chi connectivity index (χ0n) is 23.1. The minimum Gasteiger partial charge on any atom is -0.488 e. The molecular formula is C33H30BrN3O4. The van der Waals surface area contributed by atoms with Gasteiger partial charge in [0.1, 0.15) is 30.5 Å². The topological polar surface area (TPSA) is 78.0 Å². The first-order valence-corrected chi connectivity index (χ1v) is 13.9. The molecule has 0 fully saturated rings. The molecule has 2 aromatic heterocycles. The minimum atomic E-state index is -0.466. The summed E-state index contributed by atoms with van der Waals surface area (Å²) in [6, 6.07) is 29.1. The quantitative estimate of drug-likeness (QED) is 0.130. The summed E-state index contributed by atoms with van der Waals surface area (Å²) in [6.45, 7) is 6.81. The summed E-state index contributed by atoms with van der Waals surface area (Å²) in [5.74, 6) is 1.55. The molecule has 1 N–H and O–H groups in total. The van der Waals surface area contributed by atoms with Crippen molar-refractivity contribution in [2.24, 2.45) is 5.10 Å². The van der Waals surface area contributed by atoms with Gasteiger partial charge in [0.25, 0.3) is 0 Å². The molecule has 0 atom stereocenters. The highest BCUT2D eigenvalue weighted by Gasteiger charge is 2.12. The van der Waals surface area contributed by atoms with Crippen LogP contribution in [0.25, 0.3) is 5.69 Å². The SMILES string of the molecule is Cc1ccc(COc2ccc(Br)cc2/C=N/NC(=O)c2ccc(COc3ccc(-n4c(C)ccc4C)cc3)o2)cc1. The summed E-state index contributed by atoms with van der Waals surface area (Å²) in [6.07, 6.45) is 1.54. The van der Waals surface area contributed by atoms with E-state index in [0.717, 1.165) is 15.7 Å².